The van der Waals surface area contributed by atoms with Crippen LogP contribution in [-0.2, 0) is 4.79 Å². The second-order valence-corrected chi connectivity index (χ2v) is 2.79. The molecule has 1 aliphatic heterocycles. The molecule has 0 fully saturated rings. The molecule has 5 nitrogen and oxygen atoms in total. The van der Waals surface area contributed by atoms with Gasteiger partial charge in [-0.2, -0.15) is 0 Å². The van der Waals surface area contributed by atoms with Gasteiger partial charge in [0.05, 0.1) is 0 Å². The Labute approximate surface area is 70.1 Å². The number of carbonyl (C=O) groups excluding carboxylic acids is 1. The fourth-order valence-electron chi connectivity index (χ4n) is 0.618. The predicted octanol–water partition coefficient (Wildman–Crippen LogP) is 0.522. The molecule has 0 aromatic heterocycles. The van der Waals surface area contributed by atoms with Crippen LogP contribution in [0, 0.1) is 10.1 Å². The number of amides is 1. The summed E-state index contributed by atoms with van der Waals surface area (Å²) >= 11 is 2.98. The molecule has 0 aliphatic carbocycles. The van der Waals surface area contributed by atoms with E-state index >= 15 is 0 Å². The van der Waals surface area contributed by atoms with E-state index in [-0.39, 0.29) is 0 Å². The summed E-state index contributed by atoms with van der Waals surface area (Å²) in [6.07, 6.45) is 2.44. The van der Waals surface area contributed by atoms with E-state index < -0.39 is 16.9 Å². The minimum Gasteiger partial charge on any atom is -0.264 e. The van der Waals surface area contributed by atoms with Crippen LogP contribution in [0.2, 0.25) is 0 Å². The monoisotopic (exact) mass is 218 g/mol. The molecule has 1 atom stereocenters. The molecule has 0 bridgehead atoms. The molecule has 0 N–H and O–H groups in total. The van der Waals surface area contributed by atoms with Crippen LogP contribution in [0.15, 0.2) is 15.6 Å². The number of hydrogen-bond acceptors (Lipinski definition) is 3. The average Bonchev–Trinajstić information content (AvgIpc) is 1.94. The number of aliphatic imine (C=N–C) groups is 1. The third-order valence-corrected chi connectivity index (χ3v) is 1.58. The number of dihydropyridines is 1. The van der Waals surface area contributed by atoms with Crippen molar-refractivity contribution in [1.29, 1.82) is 0 Å². The van der Waals surface area contributed by atoms with Crippen LogP contribution in [0.1, 0.15) is 0 Å². The van der Waals surface area contributed by atoms with Crippen molar-refractivity contribution in [3.05, 3.63) is 20.7 Å². The lowest BCUT2D eigenvalue weighted by Gasteiger charge is -2.03. The summed E-state index contributed by atoms with van der Waals surface area (Å²) in [4.78, 5) is 23.4. The molecule has 0 spiro atoms. The molecule has 0 saturated heterocycles. The van der Waals surface area contributed by atoms with Crippen LogP contribution in [-0.4, -0.2) is 23.1 Å². The molecule has 0 saturated carbocycles. The van der Waals surface area contributed by atoms with Gasteiger partial charge in [0.1, 0.15) is 0 Å². The van der Waals surface area contributed by atoms with E-state index in [1.165, 1.54) is 12.3 Å². The molecule has 11 heavy (non-hydrogen) atoms. The van der Waals surface area contributed by atoms with Gasteiger partial charge < -0.3 is 0 Å². The van der Waals surface area contributed by atoms with Gasteiger partial charge >= 0.3 is 11.9 Å². The maximum absolute atomic E-state index is 10.7. The number of allylic oxidation sites excluding steroid dienone is 1. The quantitative estimate of drug-likeness (QED) is 0.476. The molecule has 1 unspecified atom stereocenters. The first-order valence-electron chi connectivity index (χ1n) is 2.70. The summed E-state index contributed by atoms with van der Waals surface area (Å²) in [7, 11) is 0. The van der Waals surface area contributed by atoms with E-state index in [1.807, 2.05) is 0 Å². The smallest absolute Gasteiger partial charge is 0.264 e. The second kappa shape index (κ2) is 2.91. The van der Waals surface area contributed by atoms with E-state index in [4.69, 9.17) is 0 Å². The molecular formula is C5H3BrN2O3. The van der Waals surface area contributed by atoms with Crippen LogP contribution in [0.4, 0.5) is 0 Å². The zero-order valence-electron chi connectivity index (χ0n) is 5.23. The minimum absolute atomic E-state index is 0.457. The first-order valence-corrected chi connectivity index (χ1v) is 3.49. The Morgan fingerprint density at radius 3 is 2.82 bits per heavy atom. The fourth-order valence-corrected chi connectivity index (χ4v) is 0.971. The van der Waals surface area contributed by atoms with E-state index in [1.54, 1.807) is 0 Å². The summed E-state index contributed by atoms with van der Waals surface area (Å²) < 4.78 is 0.457. The molecule has 0 aromatic rings. The Morgan fingerprint density at radius 2 is 2.36 bits per heavy atom. The summed E-state index contributed by atoms with van der Waals surface area (Å²) in [6.45, 7) is 0. The second-order valence-electron chi connectivity index (χ2n) is 1.88. The van der Waals surface area contributed by atoms with Crippen LogP contribution < -0.4 is 0 Å². The minimum atomic E-state index is -1.32. The summed E-state index contributed by atoms with van der Waals surface area (Å²) in [5.74, 6) is -0.738. The van der Waals surface area contributed by atoms with Crippen molar-refractivity contribution in [1.82, 2.24) is 0 Å². The summed E-state index contributed by atoms with van der Waals surface area (Å²) in [5, 5.41) is 10.2. The van der Waals surface area contributed by atoms with Crippen LogP contribution in [0.25, 0.3) is 0 Å². The lowest BCUT2D eigenvalue weighted by atomic mass is 10.2. The van der Waals surface area contributed by atoms with Gasteiger partial charge in [-0.15, -0.1) is 0 Å². The molecule has 1 amide bonds. The summed E-state index contributed by atoms with van der Waals surface area (Å²) in [6, 6.07) is -1.32. The Morgan fingerprint density at radius 1 is 1.73 bits per heavy atom. The number of nitrogens with zero attached hydrogens (tertiary/aromatic N) is 2. The number of hydrogen-bond donors (Lipinski definition) is 0. The van der Waals surface area contributed by atoms with Crippen molar-refractivity contribution in [2.24, 2.45) is 4.99 Å². The third-order valence-electron chi connectivity index (χ3n) is 1.11. The number of halogens is 1. The lowest BCUT2D eigenvalue weighted by Crippen LogP contribution is -2.28. The zero-order valence-corrected chi connectivity index (χ0v) is 6.82. The Kier molecular flexibility index (Phi) is 2.13. The third kappa shape index (κ3) is 1.70. The number of nitro groups is 1. The zero-order chi connectivity index (χ0) is 8.43. The first-order chi connectivity index (χ1) is 5.11. The standard InChI is InChI=1S/C5H3BrN2O3/c6-3-1-4(8(10)11)5(9)7-2-3/h1-2,4H. The highest BCUT2D eigenvalue weighted by Gasteiger charge is 2.28. The Balaban J connectivity index is 2.90. The molecule has 0 aromatic carbocycles. The molecule has 1 heterocycles. The molecule has 58 valence electrons. The normalized spacial score (nSPS) is 23.2. The van der Waals surface area contributed by atoms with Gasteiger partial charge in [0.15, 0.2) is 0 Å². The van der Waals surface area contributed by atoms with Crippen molar-refractivity contribution in [2.75, 3.05) is 0 Å². The molecule has 0 radical (unpaired) electrons. The lowest BCUT2D eigenvalue weighted by molar-refractivity contribution is -0.495. The molecule has 6 heteroatoms. The number of carbonyl (C=O) groups is 1. The van der Waals surface area contributed by atoms with Gasteiger partial charge in [-0.1, -0.05) is 0 Å². The molecule has 1 aliphatic rings. The van der Waals surface area contributed by atoms with Crippen LogP contribution in [0.3, 0.4) is 0 Å². The Bertz CT molecular complexity index is 271. The molecule has 1 rings (SSSR count). The van der Waals surface area contributed by atoms with Gasteiger partial charge in [-0.3, -0.25) is 14.9 Å². The van der Waals surface area contributed by atoms with Crippen molar-refractivity contribution < 1.29 is 9.72 Å². The average molecular weight is 219 g/mol. The SMILES string of the molecule is O=C1N=CC(Br)=CC1[N+](=O)[O-]. The Hall–Kier alpha value is -1.04. The first kappa shape index (κ1) is 8.06. The molecular weight excluding hydrogens is 216 g/mol. The van der Waals surface area contributed by atoms with Crippen molar-refractivity contribution in [3.63, 3.8) is 0 Å². The summed E-state index contributed by atoms with van der Waals surface area (Å²) in [5.41, 5.74) is 0. The largest absolute Gasteiger partial charge is 0.324 e. The van der Waals surface area contributed by atoms with Gasteiger partial charge in [-0.05, 0) is 15.9 Å². The van der Waals surface area contributed by atoms with E-state index in [9.17, 15) is 14.9 Å². The predicted molar refractivity (Wildman–Crippen MR) is 41.3 cm³/mol. The van der Waals surface area contributed by atoms with Gasteiger partial charge in [-0.25, -0.2) is 4.99 Å². The fraction of sp³-hybridized carbons (Fsp3) is 0.200. The topological polar surface area (TPSA) is 72.6 Å². The highest BCUT2D eigenvalue weighted by Crippen LogP contribution is 2.10. The highest BCUT2D eigenvalue weighted by molar-refractivity contribution is 9.12. The van der Waals surface area contributed by atoms with E-state index in [0.717, 1.165) is 0 Å². The number of rotatable bonds is 1. The van der Waals surface area contributed by atoms with Crippen molar-refractivity contribution in [3.8, 4) is 0 Å². The van der Waals surface area contributed by atoms with Crippen LogP contribution in [0.5, 0.6) is 0 Å². The maximum atomic E-state index is 10.7. The van der Waals surface area contributed by atoms with E-state index in [2.05, 4.69) is 20.9 Å². The van der Waals surface area contributed by atoms with E-state index in [0.29, 0.717) is 4.48 Å². The van der Waals surface area contributed by atoms with Crippen molar-refractivity contribution >= 4 is 28.1 Å². The highest BCUT2D eigenvalue weighted by atomic mass is 79.9. The van der Waals surface area contributed by atoms with Gasteiger partial charge in [0.25, 0.3) is 0 Å². The van der Waals surface area contributed by atoms with Crippen molar-refractivity contribution in [2.45, 2.75) is 6.04 Å². The van der Waals surface area contributed by atoms with Gasteiger partial charge in [0, 0.05) is 21.7 Å². The van der Waals surface area contributed by atoms with Crippen LogP contribution >= 0.6 is 15.9 Å². The van der Waals surface area contributed by atoms with Gasteiger partial charge in [0.2, 0.25) is 0 Å². The maximum Gasteiger partial charge on any atom is 0.324 e.